The monoisotopic (exact) mass is 240 g/mol. The third-order valence-electron chi connectivity index (χ3n) is 3.80. The maximum atomic E-state index is 4.66. The van der Waals surface area contributed by atoms with E-state index >= 15 is 0 Å². The van der Waals surface area contributed by atoms with Crippen LogP contribution in [0.25, 0.3) is 11.4 Å². The summed E-state index contributed by atoms with van der Waals surface area (Å²) in [7, 11) is 0. The molecule has 4 nitrogen and oxygen atoms in total. The summed E-state index contributed by atoms with van der Waals surface area (Å²) in [4.78, 5) is 4.66. The van der Waals surface area contributed by atoms with E-state index in [9.17, 15) is 0 Å². The molecule has 0 amide bonds. The lowest BCUT2D eigenvalue weighted by atomic mass is 9.97. The van der Waals surface area contributed by atoms with Crippen molar-refractivity contribution >= 4 is 5.69 Å². The Labute approximate surface area is 106 Å². The fourth-order valence-corrected chi connectivity index (χ4v) is 2.65. The largest absolute Gasteiger partial charge is 0.385 e. The zero-order valence-electron chi connectivity index (χ0n) is 10.2. The van der Waals surface area contributed by atoms with E-state index in [-0.39, 0.29) is 0 Å². The van der Waals surface area contributed by atoms with Crippen molar-refractivity contribution in [1.29, 1.82) is 0 Å². The summed E-state index contributed by atoms with van der Waals surface area (Å²) in [6, 6.07) is 6.36. The molecule has 0 spiro atoms. The SMILES string of the molecule is c1cc2c(c(-c3n[nH]c(C4CC4)n3)c1)CCCN2. The molecule has 0 unspecified atom stereocenters. The molecule has 1 aromatic heterocycles. The van der Waals surface area contributed by atoms with E-state index in [1.165, 1.54) is 36.1 Å². The van der Waals surface area contributed by atoms with E-state index in [1.54, 1.807) is 0 Å². The van der Waals surface area contributed by atoms with E-state index < -0.39 is 0 Å². The summed E-state index contributed by atoms with van der Waals surface area (Å²) in [5.74, 6) is 2.55. The highest BCUT2D eigenvalue weighted by atomic mass is 15.2. The molecule has 0 atom stereocenters. The zero-order valence-corrected chi connectivity index (χ0v) is 10.2. The molecule has 2 aliphatic rings. The molecular formula is C14H16N4. The van der Waals surface area contributed by atoms with Gasteiger partial charge in [-0.3, -0.25) is 5.10 Å². The number of anilines is 1. The number of benzene rings is 1. The van der Waals surface area contributed by atoms with Crippen LogP contribution in [0.1, 0.15) is 36.6 Å². The number of rotatable bonds is 2. The van der Waals surface area contributed by atoms with E-state index in [0.717, 1.165) is 24.6 Å². The van der Waals surface area contributed by atoms with Crippen molar-refractivity contribution in [2.75, 3.05) is 11.9 Å². The van der Waals surface area contributed by atoms with Crippen LogP contribution in [0, 0.1) is 0 Å². The lowest BCUT2D eigenvalue weighted by Crippen LogP contribution is -2.12. The summed E-state index contributed by atoms with van der Waals surface area (Å²) in [6.07, 6.45) is 4.81. The first kappa shape index (κ1) is 10.1. The normalized spacial score (nSPS) is 18.2. The summed E-state index contributed by atoms with van der Waals surface area (Å²) < 4.78 is 0. The minimum Gasteiger partial charge on any atom is -0.385 e. The smallest absolute Gasteiger partial charge is 0.181 e. The molecule has 0 radical (unpaired) electrons. The van der Waals surface area contributed by atoms with Crippen LogP contribution in [0.3, 0.4) is 0 Å². The van der Waals surface area contributed by atoms with Crippen LogP contribution in [-0.4, -0.2) is 21.7 Å². The molecule has 0 saturated heterocycles. The number of hydrogen-bond donors (Lipinski definition) is 2. The quantitative estimate of drug-likeness (QED) is 0.848. The van der Waals surface area contributed by atoms with Gasteiger partial charge in [-0.1, -0.05) is 12.1 Å². The molecule has 0 bridgehead atoms. The highest BCUT2D eigenvalue weighted by Gasteiger charge is 2.27. The van der Waals surface area contributed by atoms with Crippen LogP contribution < -0.4 is 5.32 Å². The van der Waals surface area contributed by atoms with Gasteiger partial charge in [0.15, 0.2) is 5.82 Å². The number of hydrogen-bond acceptors (Lipinski definition) is 3. The van der Waals surface area contributed by atoms with Gasteiger partial charge in [0, 0.05) is 23.7 Å². The van der Waals surface area contributed by atoms with Crippen LogP contribution in [0.15, 0.2) is 18.2 Å². The average molecular weight is 240 g/mol. The van der Waals surface area contributed by atoms with Gasteiger partial charge in [-0.2, -0.15) is 5.10 Å². The Kier molecular flexibility index (Phi) is 2.15. The third-order valence-corrected chi connectivity index (χ3v) is 3.80. The first-order valence-corrected chi connectivity index (χ1v) is 6.70. The van der Waals surface area contributed by atoms with Gasteiger partial charge in [-0.15, -0.1) is 0 Å². The van der Waals surface area contributed by atoms with E-state index in [4.69, 9.17) is 0 Å². The standard InChI is InChI=1S/C14H16N4/c1-3-11(10-4-2-8-15-12(10)5-1)14-16-13(17-18-14)9-6-7-9/h1,3,5,9,15H,2,4,6-8H2,(H,16,17,18). The second-order valence-electron chi connectivity index (χ2n) is 5.18. The molecule has 1 aliphatic heterocycles. The molecule has 1 saturated carbocycles. The van der Waals surface area contributed by atoms with E-state index in [1.807, 2.05) is 0 Å². The molecular weight excluding hydrogens is 224 g/mol. The molecule has 18 heavy (non-hydrogen) atoms. The summed E-state index contributed by atoms with van der Waals surface area (Å²) in [6.45, 7) is 1.07. The average Bonchev–Trinajstić information content (AvgIpc) is 3.16. The molecule has 1 fully saturated rings. The first-order valence-electron chi connectivity index (χ1n) is 6.70. The topological polar surface area (TPSA) is 53.6 Å². The third kappa shape index (κ3) is 1.60. The molecule has 1 aromatic carbocycles. The van der Waals surface area contributed by atoms with Gasteiger partial charge >= 0.3 is 0 Å². The summed E-state index contributed by atoms with van der Waals surface area (Å²) in [5.41, 5.74) is 3.80. The number of aromatic nitrogens is 3. The van der Waals surface area contributed by atoms with Crippen LogP contribution >= 0.6 is 0 Å². The van der Waals surface area contributed by atoms with Gasteiger partial charge < -0.3 is 5.32 Å². The Hall–Kier alpha value is -1.84. The first-order chi connectivity index (χ1) is 8.92. The Morgan fingerprint density at radius 3 is 3.06 bits per heavy atom. The highest BCUT2D eigenvalue weighted by molar-refractivity contribution is 5.70. The van der Waals surface area contributed by atoms with Crippen LogP contribution in [0.4, 0.5) is 5.69 Å². The molecule has 92 valence electrons. The van der Waals surface area contributed by atoms with Gasteiger partial charge in [-0.05, 0) is 37.3 Å². The molecule has 1 aliphatic carbocycles. The van der Waals surface area contributed by atoms with Gasteiger partial charge in [0.1, 0.15) is 5.82 Å². The zero-order chi connectivity index (χ0) is 11.9. The van der Waals surface area contributed by atoms with Crippen molar-refractivity contribution in [3.63, 3.8) is 0 Å². The second kappa shape index (κ2) is 3.83. The Morgan fingerprint density at radius 1 is 1.22 bits per heavy atom. The van der Waals surface area contributed by atoms with E-state index in [2.05, 4.69) is 38.7 Å². The Bertz CT molecular complexity index is 583. The predicted octanol–water partition coefficient (Wildman–Crippen LogP) is 2.71. The molecule has 4 rings (SSSR count). The van der Waals surface area contributed by atoms with Gasteiger partial charge in [0.05, 0.1) is 0 Å². The van der Waals surface area contributed by atoms with Crippen molar-refractivity contribution in [1.82, 2.24) is 15.2 Å². The van der Waals surface area contributed by atoms with Crippen molar-refractivity contribution in [3.05, 3.63) is 29.6 Å². The Morgan fingerprint density at radius 2 is 2.17 bits per heavy atom. The van der Waals surface area contributed by atoms with Crippen molar-refractivity contribution in [2.45, 2.75) is 31.6 Å². The molecule has 4 heteroatoms. The van der Waals surface area contributed by atoms with Crippen LogP contribution in [-0.2, 0) is 6.42 Å². The minimum atomic E-state index is 0.629. The minimum absolute atomic E-state index is 0.629. The van der Waals surface area contributed by atoms with Gasteiger partial charge in [-0.25, -0.2) is 4.98 Å². The van der Waals surface area contributed by atoms with Crippen molar-refractivity contribution < 1.29 is 0 Å². The fourth-order valence-electron chi connectivity index (χ4n) is 2.65. The van der Waals surface area contributed by atoms with E-state index in [0.29, 0.717) is 5.92 Å². The van der Waals surface area contributed by atoms with Crippen LogP contribution in [0.5, 0.6) is 0 Å². The van der Waals surface area contributed by atoms with Crippen LogP contribution in [0.2, 0.25) is 0 Å². The number of fused-ring (bicyclic) bond motifs is 1. The van der Waals surface area contributed by atoms with Crippen molar-refractivity contribution in [3.8, 4) is 11.4 Å². The number of aromatic amines is 1. The number of nitrogens with one attached hydrogen (secondary N) is 2. The number of nitrogens with zero attached hydrogens (tertiary/aromatic N) is 2. The molecule has 2 heterocycles. The number of H-pyrrole nitrogens is 1. The molecule has 2 aromatic rings. The lowest BCUT2D eigenvalue weighted by molar-refractivity contribution is 0.830. The fraction of sp³-hybridized carbons (Fsp3) is 0.429. The summed E-state index contributed by atoms with van der Waals surface area (Å²) in [5, 5.41) is 10.9. The maximum Gasteiger partial charge on any atom is 0.181 e. The summed E-state index contributed by atoms with van der Waals surface area (Å²) >= 11 is 0. The van der Waals surface area contributed by atoms with Crippen molar-refractivity contribution in [2.24, 2.45) is 0 Å². The van der Waals surface area contributed by atoms with Gasteiger partial charge in [0.2, 0.25) is 0 Å². The molecule has 2 N–H and O–H groups in total. The lowest BCUT2D eigenvalue weighted by Gasteiger charge is -2.19. The maximum absolute atomic E-state index is 4.66. The highest BCUT2D eigenvalue weighted by Crippen LogP contribution is 2.39. The van der Waals surface area contributed by atoms with Gasteiger partial charge in [0.25, 0.3) is 0 Å². The second-order valence-corrected chi connectivity index (χ2v) is 5.18. The predicted molar refractivity (Wildman–Crippen MR) is 70.6 cm³/mol. The Balaban J connectivity index is 1.78.